The van der Waals surface area contributed by atoms with Gasteiger partial charge in [0.05, 0.1) is 35.7 Å². The molecule has 1 N–H and O–H groups in total. The van der Waals surface area contributed by atoms with Gasteiger partial charge in [-0.3, -0.25) is 4.79 Å². The molecular formula is C22H27N3O5S. The fourth-order valence-electron chi connectivity index (χ4n) is 3.84. The number of benzene rings is 1. The highest BCUT2D eigenvalue weighted by molar-refractivity contribution is 7.89. The van der Waals surface area contributed by atoms with Crippen molar-refractivity contribution in [2.45, 2.75) is 24.2 Å². The maximum absolute atomic E-state index is 13.1. The number of hydrogen-bond acceptors (Lipinski definition) is 6. The molecule has 9 heteroatoms. The van der Waals surface area contributed by atoms with Gasteiger partial charge in [-0.15, -0.1) is 0 Å². The van der Waals surface area contributed by atoms with E-state index in [1.807, 2.05) is 0 Å². The van der Waals surface area contributed by atoms with E-state index in [4.69, 9.17) is 9.15 Å². The second-order valence-corrected chi connectivity index (χ2v) is 9.52. The Morgan fingerprint density at radius 2 is 1.81 bits per heavy atom. The van der Waals surface area contributed by atoms with Gasteiger partial charge in [-0.1, -0.05) is 0 Å². The molecular weight excluding hydrogens is 418 g/mol. The highest BCUT2D eigenvalue weighted by Crippen LogP contribution is 2.32. The molecule has 0 radical (unpaired) electrons. The predicted octanol–water partition coefficient (Wildman–Crippen LogP) is 2.94. The van der Waals surface area contributed by atoms with E-state index in [0.29, 0.717) is 37.8 Å². The molecule has 4 rings (SSSR count). The third-order valence-electron chi connectivity index (χ3n) is 5.47. The zero-order valence-electron chi connectivity index (χ0n) is 17.3. The van der Waals surface area contributed by atoms with Crippen LogP contribution in [0.15, 0.2) is 52.0 Å². The van der Waals surface area contributed by atoms with Crippen molar-refractivity contribution >= 4 is 33.4 Å². The predicted molar refractivity (Wildman–Crippen MR) is 118 cm³/mol. The van der Waals surface area contributed by atoms with Gasteiger partial charge in [0.1, 0.15) is 5.76 Å². The second kappa shape index (κ2) is 9.67. The molecule has 3 heterocycles. The minimum Gasteiger partial charge on any atom is -0.465 e. The number of carbonyl (C=O) groups is 1. The largest absolute Gasteiger partial charge is 0.465 e. The van der Waals surface area contributed by atoms with Gasteiger partial charge in [-0.25, -0.2) is 8.42 Å². The van der Waals surface area contributed by atoms with Gasteiger partial charge in [0.25, 0.3) is 0 Å². The first kappa shape index (κ1) is 21.6. The number of morpholine rings is 1. The van der Waals surface area contributed by atoms with Crippen LogP contribution in [0.3, 0.4) is 0 Å². The van der Waals surface area contributed by atoms with Crippen LogP contribution in [0.1, 0.15) is 25.0 Å². The smallest absolute Gasteiger partial charge is 0.248 e. The maximum Gasteiger partial charge on any atom is 0.248 e. The van der Waals surface area contributed by atoms with Gasteiger partial charge in [0.15, 0.2) is 0 Å². The topological polar surface area (TPSA) is 92.1 Å². The van der Waals surface area contributed by atoms with Crippen molar-refractivity contribution < 1.29 is 22.4 Å². The van der Waals surface area contributed by atoms with E-state index in [1.165, 1.54) is 23.1 Å². The Bertz CT molecular complexity index is 1020. The maximum atomic E-state index is 13.1. The SMILES string of the molecule is O=C(/C=C/c1ccco1)Nc1cc(S(=O)(=O)N2CCOCC2)ccc1N1CCCCC1. The molecule has 166 valence electrons. The summed E-state index contributed by atoms with van der Waals surface area (Å²) in [5.74, 6) is 0.214. The van der Waals surface area contributed by atoms with Gasteiger partial charge in [-0.05, 0) is 55.7 Å². The van der Waals surface area contributed by atoms with Crippen LogP contribution in [0.2, 0.25) is 0 Å². The zero-order valence-corrected chi connectivity index (χ0v) is 18.1. The second-order valence-electron chi connectivity index (χ2n) is 7.58. The van der Waals surface area contributed by atoms with Crippen molar-refractivity contribution in [1.29, 1.82) is 0 Å². The molecule has 0 spiro atoms. The number of hydrogen-bond donors (Lipinski definition) is 1. The number of nitrogens with one attached hydrogen (secondary N) is 1. The third kappa shape index (κ3) is 5.17. The lowest BCUT2D eigenvalue weighted by Gasteiger charge is -2.31. The third-order valence-corrected chi connectivity index (χ3v) is 7.37. The molecule has 2 aliphatic heterocycles. The van der Waals surface area contributed by atoms with Crippen LogP contribution < -0.4 is 10.2 Å². The molecule has 0 aliphatic carbocycles. The lowest BCUT2D eigenvalue weighted by Crippen LogP contribution is -2.40. The zero-order chi connectivity index (χ0) is 21.7. The molecule has 0 atom stereocenters. The molecule has 2 saturated heterocycles. The Morgan fingerprint density at radius 1 is 1.03 bits per heavy atom. The Kier molecular flexibility index (Phi) is 6.74. The molecule has 1 amide bonds. The molecule has 0 bridgehead atoms. The standard InChI is InChI=1S/C22H27N3O5S/c26-22(9-6-18-5-4-14-30-18)23-20-17-19(31(27,28)25-12-15-29-16-13-25)7-8-21(20)24-10-2-1-3-11-24/h4-9,14,17H,1-3,10-13,15-16H2,(H,23,26)/b9-6+. The first-order chi connectivity index (χ1) is 15.0. The molecule has 2 aromatic rings. The quantitative estimate of drug-likeness (QED) is 0.688. The van der Waals surface area contributed by atoms with Crippen molar-refractivity contribution in [2.75, 3.05) is 49.6 Å². The number of sulfonamides is 1. The van der Waals surface area contributed by atoms with Gasteiger partial charge in [-0.2, -0.15) is 4.31 Å². The number of rotatable bonds is 6. The van der Waals surface area contributed by atoms with Crippen LogP contribution in [-0.2, 0) is 19.6 Å². The fraction of sp³-hybridized carbons (Fsp3) is 0.409. The highest BCUT2D eigenvalue weighted by atomic mass is 32.2. The van der Waals surface area contributed by atoms with E-state index in [-0.39, 0.29) is 10.8 Å². The van der Waals surface area contributed by atoms with Crippen molar-refractivity contribution in [1.82, 2.24) is 4.31 Å². The van der Waals surface area contributed by atoms with E-state index in [0.717, 1.165) is 31.6 Å². The monoisotopic (exact) mass is 445 g/mol. The Labute approximate surface area is 182 Å². The van der Waals surface area contributed by atoms with Gasteiger partial charge < -0.3 is 19.4 Å². The Balaban J connectivity index is 1.62. The molecule has 2 fully saturated rings. The first-order valence-corrected chi connectivity index (χ1v) is 12.0. The van der Waals surface area contributed by atoms with E-state index in [2.05, 4.69) is 10.2 Å². The summed E-state index contributed by atoms with van der Waals surface area (Å²) in [6.45, 7) is 3.16. The van der Waals surface area contributed by atoms with Crippen LogP contribution >= 0.6 is 0 Å². The molecule has 31 heavy (non-hydrogen) atoms. The van der Waals surface area contributed by atoms with Gasteiger partial charge in [0.2, 0.25) is 15.9 Å². The number of furan rings is 1. The average Bonchev–Trinajstić information content (AvgIpc) is 3.33. The fourth-order valence-corrected chi connectivity index (χ4v) is 5.28. The summed E-state index contributed by atoms with van der Waals surface area (Å²) in [4.78, 5) is 14.9. The first-order valence-electron chi connectivity index (χ1n) is 10.5. The molecule has 2 aliphatic rings. The molecule has 1 aromatic carbocycles. The van der Waals surface area contributed by atoms with Gasteiger partial charge in [0, 0.05) is 32.3 Å². The van der Waals surface area contributed by atoms with Crippen LogP contribution in [0.4, 0.5) is 11.4 Å². The minimum atomic E-state index is -3.67. The molecule has 0 unspecified atom stereocenters. The summed E-state index contributed by atoms with van der Waals surface area (Å²) in [6.07, 6.45) is 7.80. The number of carbonyl (C=O) groups excluding carboxylic acids is 1. The summed E-state index contributed by atoms with van der Waals surface area (Å²) < 4.78 is 38.1. The number of amides is 1. The minimum absolute atomic E-state index is 0.167. The van der Waals surface area contributed by atoms with Crippen LogP contribution in [0.5, 0.6) is 0 Å². The van der Waals surface area contributed by atoms with Crippen molar-refractivity contribution in [3.8, 4) is 0 Å². The van der Waals surface area contributed by atoms with Crippen molar-refractivity contribution in [3.63, 3.8) is 0 Å². The summed E-state index contributed by atoms with van der Waals surface area (Å²) in [6, 6.07) is 8.48. The van der Waals surface area contributed by atoms with Crippen LogP contribution in [0.25, 0.3) is 6.08 Å². The molecule has 8 nitrogen and oxygen atoms in total. The summed E-state index contributed by atoms with van der Waals surface area (Å²) >= 11 is 0. The molecule has 1 aromatic heterocycles. The van der Waals surface area contributed by atoms with E-state index in [9.17, 15) is 13.2 Å². The van der Waals surface area contributed by atoms with Crippen LogP contribution in [0, 0.1) is 0 Å². The van der Waals surface area contributed by atoms with Crippen molar-refractivity contribution in [2.24, 2.45) is 0 Å². The lowest BCUT2D eigenvalue weighted by molar-refractivity contribution is -0.111. The lowest BCUT2D eigenvalue weighted by atomic mass is 10.1. The number of nitrogens with zero attached hydrogens (tertiary/aromatic N) is 2. The summed E-state index contributed by atoms with van der Waals surface area (Å²) in [5.41, 5.74) is 1.32. The van der Waals surface area contributed by atoms with Crippen LogP contribution in [-0.4, -0.2) is 58.0 Å². The average molecular weight is 446 g/mol. The molecule has 0 saturated carbocycles. The van der Waals surface area contributed by atoms with E-state index >= 15 is 0 Å². The van der Waals surface area contributed by atoms with E-state index in [1.54, 1.807) is 36.4 Å². The number of anilines is 2. The van der Waals surface area contributed by atoms with Gasteiger partial charge >= 0.3 is 0 Å². The van der Waals surface area contributed by atoms with Crippen molar-refractivity contribution in [3.05, 3.63) is 48.4 Å². The number of ether oxygens (including phenoxy) is 1. The Morgan fingerprint density at radius 3 is 2.52 bits per heavy atom. The Hall–Kier alpha value is -2.62. The summed E-state index contributed by atoms with van der Waals surface area (Å²) in [5, 5.41) is 2.87. The van der Waals surface area contributed by atoms with E-state index < -0.39 is 10.0 Å². The summed E-state index contributed by atoms with van der Waals surface area (Å²) in [7, 11) is -3.67. The number of piperidine rings is 1. The normalized spacial score (nSPS) is 18.4. The highest BCUT2D eigenvalue weighted by Gasteiger charge is 2.28.